The average Bonchev–Trinajstić information content (AvgIpc) is 2.25. The standard InChI is InChI=1S/C13H23N3O/c1-5-17-9-13-15-11(4)6-12(16-13)8-14-7-10(2)3/h6,10,14H,5,7-9H2,1-4H3. The van der Waals surface area contributed by atoms with Crippen LogP contribution in [0.25, 0.3) is 0 Å². The molecular formula is C13H23N3O. The van der Waals surface area contributed by atoms with E-state index in [4.69, 9.17) is 4.74 Å². The maximum absolute atomic E-state index is 5.33. The molecule has 0 spiro atoms. The molecule has 17 heavy (non-hydrogen) atoms. The van der Waals surface area contributed by atoms with Gasteiger partial charge in [0.1, 0.15) is 6.61 Å². The van der Waals surface area contributed by atoms with E-state index in [-0.39, 0.29) is 0 Å². The molecule has 4 nitrogen and oxygen atoms in total. The van der Waals surface area contributed by atoms with Gasteiger partial charge in [-0.2, -0.15) is 0 Å². The molecule has 0 atom stereocenters. The molecule has 0 aliphatic carbocycles. The van der Waals surface area contributed by atoms with Gasteiger partial charge in [-0.25, -0.2) is 9.97 Å². The molecule has 0 fully saturated rings. The van der Waals surface area contributed by atoms with Crippen LogP contribution in [0.15, 0.2) is 6.07 Å². The van der Waals surface area contributed by atoms with Crippen molar-refractivity contribution in [3.8, 4) is 0 Å². The van der Waals surface area contributed by atoms with Gasteiger partial charge in [0.25, 0.3) is 0 Å². The van der Waals surface area contributed by atoms with Crippen molar-refractivity contribution in [3.63, 3.8) is 0 Å². The van der Waals surface area contributed by atoms with E-state index in [0.717, 1.165) is 30.3 Å². The van der Waals surface area contributed by atoms with E-state index in [1.807, 2.05) is 19.9 Å². The normalized spacial score (nSPS) is 11.1. The average molecular weight is 237 g/mol. The summed E-state index contributed by atoms with van der Waals surface area (Å²) in [5.41, 5.74) is 2.03. The Morgan fingerprint density at radius 3 is 2.76 bits per heavy atom. The van der Waals surface area contributed by atoms with Crippen LogP contribution in [-0.2, 0) is 17.9 Å². The Morgan fingerprint density at radius 2 is 2.12 bits per heavy atom. The molecule has 96 valence electrons. The quantitative estimate of drug-likeness (QED) is 0.788. The summed E-state index contributed by atoms with van der Waals surface area (Å²) < 4.78 is 5.33. The van der Waals surface area contributed by atoms with E-state index in [1.165, 1.54) is 0 Å². The van der Waals surface area contributed by atoms with Crippen LogP contribution >= 0.6 is 0 Å². The molecule has 0 saturated carbocycles. The summed E-state index contributed by atoms with van der Waals surface area (Å²) in [7, 11) is 0. The van der Waals surface area contributed by atoms with Crippen LogP contribution in [0, 0.1) is 12.8 Å². The lowest BCUT2D eigenvalue weighted by Crippen LogP contribution is -2.20. The monoisotopic (exact) mass is 237 g/mol. The minimum atomic E-state index is 0.495. The zero-order valence-electron chi connectivity index (χ0n) is 11.3. The zero-order valence-corrected chi connectivity index (χ0v) is 11.3. The smallest absolute Gasteiger partial charge is 0.154 e. The van der Waals surface area contributed by atoms with Crippen LogP contribution in [0.3, 0.4) is 0 Å². The second-order valence-corrected chi connectivity index (χ2v) is 4.58. The van der Waals surface area contributed by atoms with E-state index >= 15 is 0 Å². The molecule has 0 bridgehead atoms. The van der Waals surface area contributed by atoms with Gasteiger partial charge < -0.3 is 10.1 Å². The van der Waals surface area contributed by atoms with Gasteiger partial charge in [-0.1, -0.05) is 13.8 Å². The second-order valence-electron chi connectivity index (χ2n) is 4.58. The third-order valence-corrected chi connectivity index (χ3v) is 2.25. The van der Waals surface area contributed by atoms with Crippen molar-refractivity contribution in [2.24, 2.45) is 5.92 Å². The van der Waals surface area contributed by atoms with Gasteiger partial charge >= 0.3 is 0 Å². The highest BCUT2D eigenvalue weighted by Crippen LogP contribution is 2.02. The molecule has 0 aliphatic rings. The highest BCUT2D eigenvalue weighted by Gasteiger charge is 2.02. The minimum absolute atomic E-state index is 0.495. The summed E-state index contributed by atoms with van der Waals surface area (Å²) >= 11 is 0. The highest BCUT2D eigenvalue weighted by atomic mass is 16.5. The molecule has 1 rings (SSSR count). The molecule has 0 saturated heterocycles. The van der Waals surface area contributed by atoms with Gasteiger partial charge in [0.15, 0.2) is 5.82 Å². The van der Waals surface area contributed by atoms with Crippen molar-refractivity contribution < 1.29 is 4.74 Å². The van der Waals surface area contributed by atoms with Crippen molar-refractivity contribution in [3.05, 3.63) is 23.3 Å². The van der Waals surface area contributed by atoms with Crippen LogP contribution in [0.5, 0.6) is 0 Å². The molecular weight excluding hydrogens is 214 g/mol. The van der Waals surface area contributed by atoms with Crippen LogP contribution < -0.4 is 5.32 Å². The third-order valence-electron chi connectivity index (χ3n) is 2.25. The Balaban J connectivity index is 2.55. The fourth-order valence-electron chi connectivity index (χ4n) is 1.54. The summed E-state index contributed by atoms with van der Waals surface area (Å²) in [5.74, 6) is 1.43. The van der Waals surface area contributed by atoms with Crippen LogP contribution in [0.2, 0.25) is 0 Å². The first kappa shape index (κ1) is 14.1. The van der Waals surface area contributed by atoms with Crippen molar-refractivity contribution >= 4 is 0 Å². The number of aryl methyl sites for hydroxylation is 1. The maximum Gasteiger partial charge on any atom is 0.154 e. The largest absolute Gasteiger partial charge is 0.374 e. The van der Waals surface area contributed by atoms with Crippen molar-refractivity contribution in [1.82, 2.24) is 15.3 Å². The van der Waals surface area contributed by atoms with Gasteiger partial charge in [-0.3, -0.25) is 0 Å². The predicted octanol–water partition coefficient (Wildman–Crippen LogP) is 2.07. The molecule has 1 aromatic rings. The summed E-state index contributed by atoms with van der Waals surface area (Å²) in [5, 5.41) is 3.38. The molecule has 1 N–H and O–H groups in total. The van der Waals surface area contributed by atoms with Crippen LogP contribution in [0.1, 0.15) is 38.0 Å². The summed E-state index contributed by atoms with van der Waals surface area (Å²) in [4.78, 5) is 8.82. The zero-order chi connectivity index (χ0) is 12.7. The SMILES string of the molecule is CCOCc1nc(C)cc(CNCC(C)C)n1. The van der Waals surface area contributed by atoms with E-state index < -0.39 is 0 Å². The maximum atomic E-state index is 5.33. The lowest BCUT2D eigenvalue weighted by molar-refractivity contribution is 0.128. The topological polar surface area (TPSA) is 47.0 Å². The summed E-state index contributed by atoms with van der Waals surface area (Å²) in [6, 6.07) is 2.02. The fraction of sp³-hybridized carbons (Fsp3) is 0.692. The molecule has 0 aliphatic heterocycles. The molecule has 1 aromatic heterocycles. The number of ether oxygens (including phenoxy) is 1. The Labute approximate surface area is 104 Å². The predicted molar refractivity (Wildman–Crippen MR) is 68.6 cm³/mol. The van der Waals surface area contributed by atoms with Crippen molar-refractivity contribution in [2.45, 2.75) is 40.8 Å². The molecule has 1 heterocycles. The number of nitrogens with one attached hydrogen (secondary N) is 1. The molecule has 4 heteroatoms. The number of rotatable bonds is 7. The highest BCUT2D eigenvalue weighted by molar-refractivity contribution is 5.09. The minimum Gasteiger partial charge on any atom is -0.374 e. The number of hydrogen-bond donors (Lipinski definition) is 1. The molecule has 0 amide bonds. The number of nitrogens with zero attached hydrogens (tertiary/aromatic N) is 2. The summed E-state index contributed by atoms with van der Waals surface area (Å²) in [6.07, 6.45) is 0. The molecule has 0 unspecified atom stereocenters. The Morgan fingerprint density at radius 1 is 1.35 bits per heavy atom. The van der Waals surface area contributed by atoms with Crippen molar-refractivity contribution in [1.29, 1.82) is 0 Å². The first-order chi connectivity index (χ1) is 8.11. The van der Waals surface area contributed by atoms with Crippen LogP contribution in [0.4, 0.5) is 0 Å². The van der Waals surface area contributed by atoms with E-state index in [1.54, 1.807) is 0 Å². The van der Waals surface area contributed by atoms with Gasteiger partial charge in [0, 0.05) is 18.8 Å². The lowest BCUT2D eigenvalue weighted by Gasteiger charge is -2.09. The van der Waals surface area contributed by atoms with E-state index in [9.17, 15) is 0 Å². The summed E-state index contributed by atoms with van der Waals surface area (Å²) in [6.45, 7) is 11.3. The number of hydrogen-bond acceptors (Lipinski definition) is 4. The van der Waals surface area contributed by atoms with Crippen LogP contribution in [-0.4, -0.2) is 23.1 Å². The van der Waals surface area contributed by atoms with E-state index in [0.29, 0.717) is 19.1 Å². The van der Waals surface area contributed by atoms with E-state index in [2.05, 4.69) is 29.1 Å². The van der Waals surface area contributed by atoms with Gasteiger partial charge in [-0.05, 0) is 32.4 Å². The Hall–Kier alpha value is -1.00. The van der Waals surface area contributed by atoms with Gasteiger partial charge in [0.05, 0.1) is 5.69 Å². The fourth-order valence-corrected chi connectivity index (χ4v) is 1.54. The van der Waals surface area contributed by atoms with Gasteiger partial charge in [-0.15, -0.1) is 0 Å². The Kier molecular flexibility index (Phi) is 6.08. The molecule has 0 aromatic carbocycles. The van der Waals surface area contributed by atoms with Gasteiger partial charge in [0.2, 0.25) is 0 Å². The lowest BCUT2D eigenvalue weighted by atomic mass is 10.2. The Bertz CT molecular complexity index is 339. The molecule has 0 radical (unpaired) electrons. The number of aromatic nitrogens is 2. The van der Waals surface area contributed by atoms with Crippen molar-refractivity contribution in [2.75, 3.05) is 13.2 Å². The third kappa shape index (κ3) is 5.75. The first-order valence-electron chi connectivity index (χ1n) is 6.23. The second kappa shape index (κ2) is 7.35. The first-order valence-corrected chi connectivity index (χ1v) is 6.23.